The summed E-state index contributed by atoms with van der Waals surface area (Å²) in [6, 6.07) is -0.636. The quantitative estimate of drug-likeness (QED) is 0.875. The summed E-state index contributed by atoms with van der Waals surface area (Å²) in [6.07, 6.45) is 0. The summed E-state index contributed by atoms with van der Waals surface area (Å²) in [7, 11) is 3.30. The fourth-order valence-corrected chi connectivity index (χ4v) is 2.84. The molecule has 2 unspecified atom stereocenters. The second-order valence-corrected chi connectivity index (χ2v) is 5.60. The molecule has 18 heavy (non-hydrogen) atoms. The molecule has 5 nitrogen and oxygen atoms in total. The molecule has 0 spiro atoms. The Morgan fingerprint density at radius 1 is 1.56 bits per heavy atom. The molecule has 6 heteroatoms. The first kappa shape index (κ1) is 15.1. The van der Waals surface area contributed by atoms with Gasteiger partial charge in [-0.3, -0.25) is 4.79 Å². The summed E-state index contributed by atoms with van der Waals surface area (Å²) in [6.45, 7) is 6.14. The highest BCUT2D eigenvalue weighted by molar-refractivity contribution is 7.11. The third-order valence-electron chi connectivity index (χ3n) is 2.91. The number of carbonyl (C=O) groups is 1. The second-order valence-electron chi connectivity index (χ2n) is 4.37. The molecule has 0 bridgehead atoms. The van der Waals surface area contributed by atoms with E-state index in [1.54, 1.807) is 23.3 Å². The number of nitrogens with two attached hydrogens (primary N) is 1. The summed E-state index contributed by atoms with van der Waals surface area (Å²) in [5, 5.41) is 1.01. The maximum Gasteiger partial charge on any atom is 0.242 e. The average Bonchev–Trinajstić information content (AvgIpc) is 2.66. The molecule has 0 aromatic carbocycles. The lowest BCUT2D eigenvalue weighted by Gasteiger charge is -2.27. The Morgan fingerprint density at radius 3 is 2.61 bits per heavy atom. The highest BCUT2D eigenvalue weighted by Crippen LogP contribution is 2.28. The van der Waals surface area contributed by atoms with Gasteiger partial charge in [-0.05, 0) is 20.8 Å². The standard InChI is InChI=1S/C12H21N3O2S/c1-7-11(18-9(3)14-7)8(2)15(4)12(16)10(13)6-17-5/h8,10H,6,13H2,1-5H3. The largest absolute Gasteiger partial charge is 0.383 e. The minimum Gasteiger partial charge on any atom is -0.383 e. The lowest BCUT2D eigenvalue weighted by atomic mass is 10.2. The number of amides is 1. The number of methoxy groups -OCH3 is 1. The van der Waals surface area contributed by atoms with Gasteiger partial charge in [-0.15, -0.1) is 11.3 Å². The van der Waals surface area contributed by atoms with E-state index in [4.69, 9.17) is 10.5 Å². The summed E-state index contributed by atoms with van der Waals surface area (Å²) >= 11 is 1.62. The van der Waals surface area contributed by atoms with Crippen molar-refractivity contribution >= 4 is 17.2 Å². The number of thiazole rings is 1. The Morgan fingerprint density at radius 2 is 2.17 bits per heavy atom. The Bertz CT molecular complexity index is 419. The number of aromatic nitrogens is 1. The van der Waals surface area contributed by atoms with Crippen LogP contribution in [0.25, 0.3) is 0 Å². The maximum atomic E-state index is 12.1. The Kier molecular flexibility index (Phi) is 5.25. The molecule has 1 amide bonds. The number of hydrogen-bond acceptors (Lipinski definition) is 5. The highest BCUT2D eigenvalue weighted by Gasteiger charge is 2.25. The van der Waals surface area contributed by atoms with Crippen molar-refractivity contribution in [1.29, 1.82) is 0 Å². The van der Waals surface area contributed by atoms with Crippen molar-refractivity contribution in [2.45, 2.75) is 32.9 Å². The molecule has 0 aliphatic heterocycles. The smallest absolute Gasteiger partial charge is 0.242 e. The molecule has 0 fully saturated rings. The molecule has 2 atom stereocenters. The number of nitrogens with zero attached hydrogens (tertiary/aromatic N) is 2. The van der Waals surface area contributed by atoms with Gasteiger partial charge in [0.2, 0.25) is 5.91 Å². The van der Waals surface area contributed by atoms with E-state index < -0.39 is 6.04 Å². The van der Waals surface area contributed by atoms with Crippen molar-refractivity contribution < 1.29 is 9.53 Å². The summed E-state index contributed by atoms with van der Waals surface area (Å²) in [4.78, 5) is 19.2. The molecule has 0 radical (unpaired) electrons. The molecular weight excluding hydrogens is 250 g/mol. The zero-order chi connectivity index (χ0) is 13.9. The summed E-state index contributed by atoms with van der Waals surface area (Å²) in [5.41, 5.74) is 6.74. The van der Waals surface area contributed by atoms with E-state index in [2.05, 4.69) is 4.98 Å². The van der Waals surface area contributed by atoms with Crippen LogP contribution in [0.3, 0.4) is 0 Å². The molecule has 0 aliphatic rings. The van der Waals surface area contributed by atoms with Crippen LogP contribution in [0.15, 0.2) is 0 Å². The lowest BCUT2D eigenvalue weighted by Crippen LogP contribution is -2.45. The minimum atomic E-state index is -0.614. The van der Waals surface area contributed by atoms with Gasteiger partial charge in [-0.2, -0.15) is 0 Å². The number of carbonyl (C=O) groups excluding carboxylic acids is 1. The molecule has 102 valence electrons. The van der Waals surface area contributed by atoms with Crippen LogP contribution in [0.5, 0.6) is 0 Å². The first-order valence-electron chi connectivity index (χ1n) is 5.83. The van der Waals surface area contributed by atoms with Crippen molar-refractivity contribution in [3.8, 4) is 0 Å². The Hall–Kier alpha value is -0.980. The van der Waals surface area contributed by atoms with Crippen LogP contribution < -0.4 is 5.73 Å². The summed E-state index contributed by atoms with van der Waals surface area (Å²) < 4.78 is 4.91. The van der Waals surface area contributed by atoms with E-state index in [0.717, 1.165) is 15.6 Å². The predicted octanol–water partition coefficient (Wildman–Crippen LogP) is 1.25. The molecule has 1 aromatic rings. The first-order valence-corrected chi connectivity index (χ1v) is 6.65. The minimum absolute atomic E-state index is 0.0217. The second kappa shape index (κ2) is 6.26. The Balaban J connectivity index is 2.80. The van der Waals surface area contributed by atoms with E-state index in [0.29, 0.717) is 0 Å². The molecule has 1 heterocycles. The van der Waals surface area contributed by atoms with Crippen molar-refractivity contribution in [3.63, 3.8) is 0 Å². The number of hydrogen-bond donors (Lipinski definition) is 1. The van der Waals surface area contributed by atoms with Crippen LogP contribution in [-0.2, 0) is 9.53 Å². The number of rotatable bonds is 5. The molecule has 0 saturated carbocycles. The zero-order valence-corrected chi connectivity index (χ0v) is 12.4. The van der Waals surface area contributed by atoms with Gasteiger partial charge in [0.15, 0.2) is 0 Å². The normalized spacial score (nSPS) is 14.3. The topological polar surface area (TPSA) is 68.5 Å². The SMILES string of the molecule is COCC(N)C(=O)N(C)C(C)c1sc(C)nc1C. The van der Waals surface area contributed by atoms with Crippen LogP contribution in [0, 0.1) is 13.8 Å². The van der Waals surface area contributed by atoms with Gasteiger partial charge in [-0.1, -0.05) is 0 Å². The van der Waals surface area contributed by atoms with Crippen LogP contribution in [0.1, 0.15) is 28.5 Å². The molecular formula is C12H21N3O2S. The molecule has 0 saturated heterocycles. The fraction of sp³-hybridized carbons (Fsp3) is 0.667. The van der Waals surface area contributed by atoms with E-state index in [-0.39, 0.29) is 18.6 Å². The molecule has 0 aliphatic carbocycles. The van der Waals surface area contributed by atoms with Gasteiger partial charge in [0.1, 0.15) is 6.04 Å². The van der Waals surface area contributed by atoms with E-state index >= 15 is 0 Å². The highest BCUT2D eigenvalue weighted by atomic mass is 32.1. The fourth-order valence-electron chi connectivity index (χ4n) is 1.81. The van der Waals surface area contributed by atoms with E-state index in [1.807, 2.05) is 20.8 Å². The van der Waals surface area contributed by atoms with Gasteiger partial charge in [-0.25, -0.2) is 4.98 Å². The number of likely N-dealkylation sites (N-methyl/N-ethyl adjacent to an activating group) is 1. The predicted molar refractivity (Wildman–Crippen MR) is 72.6 cm³/mol. The molecule has 2 N–H and O–H groups in total. The maximum absolute atomic E-state index is 12.1. The number of ether oxygens (including phenoxy) is 1. The third-order valence-corrected chi connectivity index (χ3v) is 4.15. The van der Waals surface area contributed by atoms with Crippen molar-refractivity contribution in [2.75, 3.05) is 20.8 Å². The molecule has 1 rings (SSSR count). The van der Waals surface area contributed by atoms with Gasteiger partial charge in [0.25, 0.3) is 0 Å². The van der Waals surface area contributed by atoms with Crippen molar-refractivity contribution in [1.82, 2.24) is 9.88 Å². The number of aryl methyl sites for hydroxylation is 2. The lowest BCUT2D eigenvalue weighted by molar-refractivity contribution is -0.134. The van der Waals surface area contributed by atoms with E-state index in [9.17, 15) is 4.79 Å². The van der Waals surface area contributed by atoms with Crippen LogP contribution in [0.4, 0.5) is 0 Å². The van der Waals surface area contributed by atoms with Crippen LogP contribution in [0.2, 0.25) is 0 Å². The third kappa shape index (κ3) is 3.28. The Labute approximate surface area is 112 Å². The van der Waals surface area contributed by atoms with Crippen molar-refractivity contribution in [3.05, 3.63) is 15.6 Å². The van der Waals surface area contributed by atoms with Crippen LogP contribution in [-0.4, -0.2) is 42.6 Å². The van der Waals surface area contributed by atoms with Crippen molar-refractivity contribution in [2.24, 2.45) is 5.73 Å². The zero-order valence-electron chi connectivity index (χ0n) is 11.6. The van der Waals surface area contributed by atoms with Crippen LogP contribution >= 0.6 is 11.3 Å². The average molecular weight is 271 g/mol. The van der Waals surface area contributed by atoms with E-state index in [1.165, 1.54) is 7.11 Å². The monoisotopic (exact) mass is 271 g/mol. The summed E-state index contributed by atoms with van der Waals surface area (Å²) in [5.74, 6) is -0.116. The van der Waals surface area contributed by atoms with Gasteiger partial charge in [0.05, 0.1) is 23.4 Å². The van der Waals surface area contributed by atoms with Gasteiger partial charge in [0, 0.05) is 19.0 Å². The molecule has 1 aromatic heterocycles. The first-order chi connectivity index (χ1) is 8.38. The van der Waals surface area contributed by atoms with Gasteiger partial charge >= 0.3 is 0 Å². The van der Waals surface area contributed by atoms with Gasteiger partial charge < -0.3 is 15.4 Å².